The second-order valence-electron chi connectivity index (χ2n) is 25.1. The van der Waals surface area contributed by atoms with Gasteiger partial charge in [-0.05, 0) is 204 Å². The molecule has 0 bridgehead atoms. The largest absolute Gasteiger partial charge is 0.494 e. The van der Waals surface area contributed by atoms with Crippen LogP contribution in [0.2, 0.25) is 10.0 Å². The molecule has 2 aliphatic rings. The van der Waals surface area contributed by atoms with Gasteiger partial charge in [0.15, 0.2) is 0 Å². The number of carbonyl (C=O) groups is 3. The van der Waals surface area contributed by atoms with E-state index in [1.54, 1.807) is 126 Å². The highest BCUT2D eigenvalue weighted by Crippen LogP contribution is 2.39. The number of hydrogen-bond donors (Lipinski definition) is 5. The molecule has 0 amide bonds. The normalized spacial score (nSPS) is 15.8. The summed E-state index contributed by atoms with van der Waals surface area (Å²) in [6.07, 6.45) is 0. The molecule has 0 aromatic heterocycles. The van der Waals surface area contributed by atoms with E-state index < -0.39 is 116 Å². The van der Waals surface area contributed by atoms with Gasteiger partial charge in [-0.3, -0.25) is 14.4 Å². The summed E-state index contributed by atoms with van der Waals surface area (Å²) in [5.74, 6) is -2.40. The van der Waals surface area contributed by atoms with Crippen molar-refractivity contribution >= 4 is 121 Å². The summed E-state index contributed by atoms with van der Waals surface area (Å²) in [5, 5.41) is 46.9. The number of aliphatic carboxylic acids is 1. The van der Waals surface area contributed by atoms with Crippen molar-refractivity contribution in [3.63, 3.8) is 0 Å². The highest BCUT2D eigenvalue weighted by molar-refractivity contribution is 7.94. The molecule has 0 spiro atoms. The molecule has 2 fully saturated rings. The minimum atomic E-state index is -3.45. The second kappa shape index (κ2) is 29.2. The fourth-order valence-electron chi connectivity index (χ4n) is 8.63. The van der Waals surface area contributed by atoms with Gasteiger partial charge in [0.2, 0.25) is 0 Å². The molecule has 8 rings (SSSR count). The van der Waals surface area contributed by atoms with E-state index in [0.717, 1.165) is 0 Å². The van der Waals surface area contributed by atoms with E-state index in [1.165, 1.54) is 48.5 Å². The maximum Gasteiger partial charge on any atom is 0.494 e. The maximum absolute atomic E-state index is 15.0. The molecule has 6 aromatic rings. The lowest BCUT2D eigenvalue weighted by atomic mass is 9.79. The van der Waals surface area contributed by atoms with Gasteiger partial charge in [-0.1, -0.05) is 83.9 Å². The zero-order valence-electron chi connectivity index (χ0n) is 53.2. The van der Waals surface area contributed by atoms with Crippen LogP contribution in [0, 0.1) is 0 Å². The fraction of sp³-hybridized carbons (Fsp3) is 0.371. The standard InChI is InChI=1S/C30H43B2NO7S.C18H19Cl2NO3S.C14H15B2NO7S/c1-26(2,3)36-25(34)20-33-41(35,23-16-12-14-21(18-23)31-37-27(4,5)28(6,7)38-31)24-17-13-15-22(19-24)32-39-29(8,9)30(10,11)40-32;1-18(2,3)24-17(22)12-21-25(23,15-8-4-6-13(19)10-15)16-9-5-7-14(20)11-16;18-14(19)9-17-25(24,12-5-1-3-10(7-12)15(20)21)13-6-2-4-11(8-13)16(22)23/h12-19H,20H2,1-11H3;4-11H,12H2,1-3H3;1-8,20-23H,9H2,(H,18,19). The Kier molecular flexibility index (Phi) is 23.8. The van der Waals surface area contributed by atoms with Crippen molar-refractivity contribution < 1.29 is 80.3 Å². The summed E-state index contributed by atoms with van der Waals surface area (Å²) in [6.45, 7) is 25.0. The average Bonchev–Trinajstić information content (AvgIpc) is 1.77. The van der Waals surface area contributed by atoms with Crippen LogP contribution in [0.1, 0.15) is 96.9 Å². The average molecular weight is 1350 g/mol. The highest BCUT2D eigenvalue weighted by atomic mass is 35.5. The first-order valence-corrected chi connectivity index (χ1v) is 34.0. The first-order valence-electron chi connectivity index (χ1n) is 28.7. The molecular weight excluding hydrogens is 1270 g/mol. The summed E-state index contributed by atoms with van der Waals surface area (Å²) in [5.41, 5.74) is -1.92. The van der Waals surface area contributed by atoms with Crippen molar-refractivity contribution in [3.05, 3.63) is 156 Å². The number of benzene rings is 6. The minimum Gasteiger partial charge on any atom is -0.480 e. The zero-order valence-corrected chi connectivity index (χ0v) is 57.2. The molecule has 0 aliphatic carbocycles. The van der Waals surface area contributed by atoms with Crippen LogP contribution in [0.5, 0.6) is 0 Å². The van der Waals surface area contributed by atoms with Gasteiger partial charge < -0.3 is 53.3 Å². The number of carboxylic acids is 1. The van der Waals surface area contributed by atoms with Gasteiger partial charge in [-0.2, -0.15) is 0 Å². The van der Waals surface area contributed by atoms with Gasteiger partial charge in [0.25, 0.3) is 0 Å². The SMILES string of the molecule is CC(C)(C)OC(=O)CN=S(=O)(c1cccc(B2OC(C)(C)C(C)(C)O2)c1)c1cccc(B2OC(C)(C)C(C)(C)O2)c1.CC(C)(C)OC(=O)CN=S(=O)(c1cccc(Cl)c1)c1cccc(Cl)c1.O=C(O)CN=S(=O)(c1cccc(B(O)O)c1)c1cccc(B(O)O)c1. The van der Waals surface area contributed by atoms with Gasteiger partial charge in [-0.15, -0.1) is 0 Å². The number of carboxylic acid groups (broad SMARTS) is 1. The van der Waals surface area contributed by atoms with E-state index in [0.29, 0.717) is 40.6 Å². The van der Waals surface area contributed by atoms with Gasteiger partial charge in [-0.25, -0.2) is 25.7 Å². The van der Waals surface area contributed by atoms with Crippen molar-refractivity contribution in [2.45, 2.75) is 160 Å². The van der Waals surface area contributed by atoms with Crippen molar-refractivity contribution in [2.24, 2.45) is 13.1 Å². The summed E-state index contributed by atoms with van der Waals surface area (Å²) in [7, 11) is -14.7. The summed E-state index contributed by atoms with van der Waals surface area (Å²) < 4.78 is 90.3. The second-order valence-corrected chi connectivity index (χ2v) is 32.8. The van der Waals surface area contributed by atoms with Crippen LogP contribution in [-0.2, 0) is 71.7 Å². The molecule has 0 radical (unpaired) electrons. The highest BCUT2D eigenvalue weighted by Gasteiger charge is 2.53. The van der Waals surface area contributed by atoms with E-state index in [2.05, 4.69) is 13.1 Å². The smallest absolute Gasteiger partial charge is 0.480 e. The van der Waals surface area contributed by atoms with E-state index in [1.807, 2.05) is 67.5 Å². The quantitative estimate of drug-likeness (QED) is 0.0457. The molecule has 2 saturated heterocycles. The number of esters is 2. The molecule has 0 saturated carbocycles. The molecule has 5 N–H and O–H groups in total. The van der Waals surface area contributed by atoms with Gasteiger partial charge in [0, 0.05) is 10.0 Å². The van der Waals surface area contributed by atoms with E-state index in [9.17, 15) is 47.1 Å². The van der Waals surface area contributed by atoms with Crippen molar-refractivity contribution in [1.82, 2.24) is 0 Å². The van der Waals surface area contributed by atoms with Crippen LogP contribution in [0.15, 0.2) is 188 Å². The molecule has 2 aliphatic heterocycles. The van der Waals surface area contributed by atoms with E-state index >= 15 is 0 Å². The maximum atomic E-state index is 15.0. The molecule has 486 valence electrons. The Bertz CT molecular complexity index is 3810. The van der Waals surface area contributed by atoms with Gasteiger partial charge in [0.05, 0.1) is 51.8 Å². The molecular formula is C62H77B4Cl2N3O17S3. The van der Waals surface area contributed by atoms with Crippen molar-refractivity contribution in [3.8, 4) is 0 Å². The molecule has 29 heteroatoms. The molecule has 0 unspecified atom stereocenters. The van der Waals surface area contributed by atoms with Crippen molar-refractivity contribution in [2.75, 3.05) is 19.6 Å². The van der Waals surface area contributed by atoms with Gasteiger partial charge >= 0.3 is 46.4 Å². The van der Waals surface area contributed by atoms with Gasteiger partial charge in [0.1, 0.15) is 60.0 Å². The Balaban J connectivity index is 0.000000229. The topological polar surface area (TPSA) is 296 Å². The lowest BCUT2D eigenvalue weighted by Gasteiger charge is -2.32. The summed E-state index contributed by atoms with van der Waals surface area (Å²) in [4.78, 5) is 37.4. The third-order valence-electron chi connectivity index (χ3n) is 14.6. The summed E-state index contributed by atoms with van der Waals surface area (Å²) in [6, 6.07) is 38.6. The predicted molar refractivity (Wildman–Crippen MR) is 355 cm³/mol. The molecule has 6 aromatic carbocycles. The number of carbonyl (C=O) groups excluding carboxylic acids is 2. The van der Waals surface area contributed by atoms with Crippen LogP contribution < -0.4 is 21.9 Å². The zero-order chi connectivity index (χ0) is 67.9. The van der Waals surface area contributed by atoms with Crippen LogP contribution in [0.25, 0.3) is 0 Å². The lowest BCUT2D eigenvalue weighted by Crippen LogP contribution is -2.41. The molecule has 0 atom stereocenters. The number of rotatable bonds is 16. The Hall–Kier alpha value is -5.90. The molecule has 2 heterocycles. The number of nitrogens with zero attached hydrogens (tertiary/aromatic N) is 3. The monoisotopic (exact) mass is 1350 g/mol. The first-order chi connectivity index (χ1) is 42.0. The number of halogens is 2. The molecule has 91 heavy (non-hydrogen) atoms. The Morgan fingerprint density at radius 3 is 0.989 bits per heavy atom. The number of hydrogen-bond acceptors (Lipinski definition) is 19. The first kappa shape index (κ1) is 74.1. The minimum absolute atomic E-state index is 0.0640. The third kappa shape index (κ3) is 19.1. The Morgan fingerprint density at radius 2 is 0.714 bits per heavy atom. The number of ether oxygens (including phenoxy) is 2. The van der Waals surface area contributed by atoms with Crippen LogP contribution >= 0.6 is 23.2 Å². The van der Waals surface area contributed by atoms with Crippen LogP contribution in [0.3, 0.4) is 0 Å². The van der Waals surface area contributed by atoms with E-state index in [4.69, 9.17) is 56.4 Å². The van der Waals surface area contributed by atoms with Crippen molar-refractivity contribution in [1.29, 1.82) is 0 Å². The molecule has 20 nitrogen and oxygen atoms in total. The van der Waals surface area contributed by atoms with E-state index in [-0.39, 0.29) is 33.8 Å². The van der Waals surface area contributed by atoms with Crippen LogP contribution in [-0.4, -0.2) is 137 Å². The van der Waals surface area contributed by atoms with Crippen LogP contribution in [0.4, 0.5) is 0 Å². The predicted octanol–water partition coefficient (Wildman–Crippen LogP) is 7.75. The summed E-state index contributed by atoms with van der Waals surface area (Å²) >= 11 is 12.1. The third-order valence-corrected chi connectivity index (χ3v) is 21.9. The Morgan fingerprint density at radius 1 is 0.451 bits per heavy atom. The fourth-order valence-corrected chi connectivity index (χ4v) is 15.1. The lowest BCUT2D eigenvalue weighted by molar-refractivity contribution is -0.153. The Labute approximate surface area is 545 Å².